The normalized spacial score (nSPS) is 21.1. The van der Waals surface area contributed by atoms with Crippen LogP contribution in [0.4, 0.5) is 5.69 Å². The maximum absolute atomic E-state index is 11.2. The molecule has 0 amide bonds. The lowest BCUT2D eigenvalue weighted by atomic mass is 10.1. The average Bonchev–Trinajstić information content (AvgIpc) is 2.93. The molecule has 2 unspecified atom stereocenters. The Labute approximate surface area is 123 Å². The molecule has 0 bridgehead atoms. The molecule has 0 aromatic heterocycles. The second-order valence-corrected chi connectivity index (χ2v) is 5.02. The fourth-order valence-corrected chi connectivity index (χ4v) is 2.68. The summed E-state index contributed by atoms with van der Waals surface area (Å²) < 4.78 is 16.1. The van der Waals surface area contributed by atoms with E-state index < -0.39 is 4.92 Å². The lowest BCUT2D eigenvalue weighted by Gasteiger charge is -2.20. The first-order valence-electron chi connectivity index (χ1n) is 6.87. The van der Waals surface area contributed by atoms with Gasteiger partial charge in [-0.05, 0) is 25.8 Å². The third kappa shape index (κ3) is 3.18. The summed E-state index contributed by atoms with van der Waals surface area (Å²) in [5.74, 6) is 1.14. The fraction of sp³-hybridized carbons (Fsp3) is 0.571. The van der Waals surface area contributed by atoms with Gasteiger partial charge in [-0.15, -0.1) is 0 Å². The first-order valence-corrected chi connectivity index (χ1v) is 6.87. The van der Waals surface area contributed by atoms with E-state index in [9.17, 15) is 10.1 Å². The van der Waals surface area contributed by atoms with Gasteiger partial charge in [0.25, 0.3) is 0 Å². The fourth-order valence-electron chi connectivity index (χ4n) is 2.68. The smallest absolute Gasteiger partial charge is 0.314 e. The Morgan fingerprint density at radius 1 is 1.24 bits per heavy atom. The van der Waals surface area contributed by atoms with E-state index in [1.54, 1.807) is 0 Å². The van der Waals surface area contributed by atoms with E-state index in [0.717, 1.165) is 19.3 Å². The summed E-state index contributed by atoms with van der Waals surface area (Å²) >= 11 is 0. The standard InChI is InChI=1S/C14H20N2O5/c1-19-13-6-10(16(17)18)12(7-14(13)20-2)21-11-5-3-4-9(11)8-15/h6-7,9,11H,3-5,8,15H2,1-2H3. The predicted molar refractivity (Wildman–Crippen MR) is 77.0 cm³/mol. The van der Waals surface area contributed by atoms with Gasteiger partial charge in [0, 0.05) is 12.0 Å². The summed E-state index contributed by atoms with van der Waals surface area (Å²) in [6.45, 7) is 0.520. The van der Waals surface area contributed by atoms with E-state index in [1.807, 2.05) is 0 Å². The minimum Gasteiger partial charge on any atom is -0.493 e. The number of hydrogen-bond donors (Lipinski definition) is 1. The number of nitrogens with two attached hydrogens (primary N) is 1. The van der Waals surface area contributed by atoms with E-state index >= 15 is 0 Å². The Bertz CT molecular complexity index is 520. The number of benzene rings is 1. The highest BCUT2D eigenvalue weighted by molar-refractivity contribution is 5.58. The van der Waals surface area contributed by atoms with Crippen molar-refractivity contribution in [1.82, 2.24) is 0 Å². The molecule has 0 heterocycles. The van der Waals surface area contributed by atoms with Crippen LogP contribution in [0.1, 0.15) is 19.3 Å². The molecule has 21 heavy (non-hydrogen) atoms. The summed E-state index contributed by atoms with van der Waals surface area (Å²) in [5, 5.41) is 11.2. The van der Waals surface area contributed by atoms with Gasteiger partial charge in [-0.3, -0.25) is 10.1 Å². The molecule has 2 N–H and O–H groups in total. The van der Waals surface area contributed by atoms with Crippen LogP contribution in [-0.2, 0) is 0 Å². The number of nitro groups is 1. The van der Waals surface area contributed by atoms with Crippen molar-refractivity contribution in [3.05, 3.63) is 22.2 Å². The van der Waals surface area contributed by atoms with E-state index in [0.29, 0.717) is 18.0 Å². The molecule has 0 spiro atoms. The van der Waals surface area contributed by atoms with Crippen LogP contribution in [0.25, 0.3) is 0 Å². The third-order valence-electron chi connectivity index (χ3n) is 3.83. The number of rotatable bonds is 6. The van der Waals surface area contributed by atoms with Crippen molar-refractivity contribution < 1.29 is 19.1 Å². The zero-order valence-corrected chi connectivity index (χ0v) is 12.2. The van der Waals surface area contributed by atoms with Crippen LogP contribution in [0.3, 0.4) is 0 Å². The van der Waals surface area contributed by atoms with Gasteiger partial charge in [0.15, 0.2) is 11.5 Å². The summed E-state index contributed by atoms with van der Waals surface area (Å²) in [6.07, 6.45) is 2.77. The van der Waals surface area contributed by atoms with Crippen molar-refractivity contribution >= 4 is 5.69 Å². The molecule has 1 saturated carbocycles. The van der Waals surface area contributed by atoms with Crippen LogP contribution in [0.2, 0.25) is 0 Å². The van der Waals surface area contributed by atoms with Crippen LogP contribution in [0.15, 0.2) is 12.1 Å². The first kappa shape index (κ1) is 15.4. The molecule has 1 aliphatic carbocycles. The number of hydrogen-bond acceptors (Lipinski definition) is 6. The number of nitrogens with zero attached hydrogens (tertiary/aromatic N) is 1. The van der Waals surface area contributed by atoms with Crippen molar-refractivity contribution in [2.75, 3.05) is 20.8 Å². The number of nitro benzene ring substituents is 1. The molecule has 0 radical (unpaired) electrons. The van der Waals surface area contributed by atoms with Gasteiger partial charge < -0.3 is 19.9 Å². The highest BCUT2D eigenvalue weighted by atomic mass is 16.6. The largest absolute Gasteiger partial charge is 0.493 e. The van der Waals surface area contributed by atoms with E-state index in [4.69, 9.17) is 19.9 Å². The maximum Gasteiger partial charge on any atom is 0.314 e. The second-order valence-electron chi connectivity index (χ2n) is 5.02. The van der Waals surface area contributed by atoms with Gasteiger partial charge in [0.05, 0.1) is 25.2 Å². The molecule has 2 rings (SSSR count). The molecule has 0 saturated heterocycles. The van der Waals surface area contributed by atoms with Crippen molar-refractivity contribution in [2.45, 2.75) is 25.4 Å². The molecule has 7 heteroatoms. The van der Waals surface area contributed by atoms with Crippen LogP contribution >= 0.6 is 0 Å². The minimum absolute atomic E-state index is 0.0909. The van der Waals surface area contributed by atoms with Gasteiger partial charge in [-0.2, -0.15) is 0 Å². The van der Waals surface area contributed by atoms with Gasteiger partial charge in [-0.25, -0.2) is 0 Å². The van der Waals surface area contributed by atoms with Crippen LogP contribution in [0.5, 0.6) is 17.2 Å². The summed E-state index contributed by atoms with van der Waals surface area (Å²) in [4.78, 5) is 10.7. The molecule has 1 fully saturated rings. The monoisotopic (exact) mass is 296 g/mol. The van der Waals surface area contributed by atoms with E-state index in [-0.39, 0.29) is 23.5 Å². The Balaban J connectivity index is 2.34. The van der Waals surface area contributed by atoms with Gasteiger partial charge in [0.1, 0.15) is 6.10 Å². The maximum atomic E-state index is 11.2. The van der Waals surface area contributed by atoms with E-state index in [1.165, 1.54) is 26.4 Å². The Morgan fingerprint density at radius 2 is 1.90 bits per heavy atom. The summed E-state index contributed by atoms with van der Waals surface area (Å²) in [6, 6.07) is 2.82. The molecule has 1 aromatic rings. The molecular weight excluding hydrogens is 276 g/mol. The molecule has 0 aliphatic heterocycles. The Kier molecular flexibility index (Phi) is 4.85. The van der Waals surface area contributed by atoms with Crippen molar-refractivity contribution in [3.8, 4) is 17.2 Å². The zero-order valence-electron chi connectivity index (χ0n) is 12.2. The SMILES string of the molecule is COc1cc(OC2CCCC2CN)c([N+](=O)[O-])cc1OC. The molecule has 1 aliphatic rings. The van der Waals surface area contributed by atoms with Crippen LogP contribution in [-0.4, -0.2) is 31.8 Å². The van der Waals surface area contributed by atoms with Crippen molar-refractivity contribution in [1.29, 1.82) is 0 Å². The van der Waals surface area contributed by atoms with Crippen molar-refractivity contribution in [3.63, 3.8) is 0 Å². The lowest BCUT2D eigenvalue weighted by Crippen LogP contribution is -2.27. The summed E-state index contributed by atoms with van der Waals surface area (Å²) in [5.41, 5.74) is 5.59. The minimum atomic E-state index is -0.482. The number of methoxy groups -OCH3 is 2. The van der Waals surface area contributed by atoms with Gasteiger partial charge in [-0.1, -0.05) is 0 Å². The molecule has 116 valence electrons. The third-order valence-corrected chi connectivity index (χ3v) is 3.83. The Hall–Kier alpha value is -2.02. The first-order chi connectivity index (χ1) is 10.1. The highest BCUT2D eigenvalue weighted by Crippen LogP contribution is 2.41. The van der Waals surface area contributed by atoms with Gasteiger partial charge >= 0.3 is 5.69 Å². The van der Waals surface area contributed by atoms with Gasteiger partial charge in [0.2, 0.25) is 5.75 Å². The molecule has 2 atom stereocenters. The topological polar surface area (TPSA) is 96.9 Å². The lowest BCUT2D eigenvalue weighted by molar-refractivity contribution is -0.386. The van der Waals surface area contributed by atoms with Crippen LogP contribution < -0.4 is 19.9 Å². The van der Waals surface area contributed by atoms with Crippen molar-refractivity contribution in [2.24, 2.45) is 11.7 Å². The second kappa shape index (κ2) is 6.62. The molecular formula is C14H20N2O5. The highest BCUT2D eigenvalue weighted by Gasteiger charge is 2.31. The van der Waals surface area contributed by atoms with Crippen LogP contribution in [0, 0.1) is 16.0 Å². The quantitative estimate of drug-likeness (QED) is 0.638. The predicted octanol–water partition coefficient (Wildman–Crippen LogP) is 2.12. The Morgan fingerprint density at radius 3 is 2.48 bits per heavy atom. The number of ether oxygens (including phenoxy) is 3. The summed E-state index contributed by atoms with van der Waals surface area (Å²) in [7, 11) is 2.91. The average molecular weight is 296 g/mol. The van der Waals surface area contributed by atoms with E-state index in [2.05, 4.69) is 0 Å². The molecule has 7 nitrogen and oxygen atoms in total. The zero-order chi connectivity index (χ0) is 15.4. The molecule has 1 aromatic carbocycles.